The topological polar surface area (TPSA) is 149 Å². The normalized spacial score (nSPS) is 11.4. The zero-order valence-corrected chi connectivity index (χ0v) is 20.2. The number of alkyl halides is 3. The summed E-state index contributed by atoms with van der Waals surface area (Å²) in [5.74, 6) is -0.127. The number of pyridine rings is 1. The van der Waals surface area contributed by atoms with Gasteiger partial charge in [-0.05, 0) is 18.2 Å². The third-order valence-corrected chi connectivity index (χ3v) is 5.33. The largest absolute Gasteiger partial charge is 0.491 e. The summed E-state index contributed by atoms with van der Waals surface area (Å²) in [6.07, 6.45) is -5.58. The molecule has 2 aromatic rings. The van der Waals surface area contributed by atoms with E-state index in [1.165, 1.54) is 25.3 Å². The number of methoxy groups -OCH3 is 1. The number of benzene rings is 1. The van der Waals surface area contributed by atoms with Crippen molar-refractivity contribution in [3.8, 4) is 23.4 Å². The number of halogens is 4. The fourth-order valence-electron chi connectivity index (χ4n) is 2.40. The van der Waals surface area contributed by atoms with Crippen LogP contribution in [0.5, 0.6) is 17.4 Å². The van der Waals surface area contributed by atoms with Gasteiger partial charge in [-0.25, -0.2) is 14.5 Å². The van der Waals surface area contributed by atoms with Gasteiger partial charge in [-0.15, -0.1) is 0 Å². The van der Waals surface area contributed by atoms with Crippen molar-refractivity contribution < 1.29 is 45.3 Å². The Bertz CT molecular complexity index is 1210. The lowest BCUT2D eigenvalue weighted by atomic mass is 10.2. The van der Waals surface area contributed by atoms with Gasteiger partial charge in [0.2, 0.25) is 5.88 Å². The summed E-state index contributed by atoms with van der Waals surface area (Å²) in [5, 5.41) is 8.01. The maximum absolute atomic E-state index is 12.9. The van der Waals surface area contributed by atoms with Crippen LogP contribution in [0.4, 0.5) is 18.0 Å². The Hall–Kier alpha value is -3.32. The minimum Gasteiger partial charge on any atom is -0.491 e. The molecule has 0 fully saturated rings. The van der Waals surface area contributed by atoms with E-state index in [0.717, 1.165) is 0 Å². The first-order chi connectivity index (χ1) is 16.9. The first-order valence-electron chi connectivity index (χ1n) is 9.91. The quantitative estimate of drug-likeness (QED) is 0.377. The molecule has 1 aromatic heterocycles. The van der Waals surface area contributed by atoms with E-state index in [1.54, 1.807) is 10.8 Å². The molecule has 1 heterocycles. The average Bonchev–Trinajstić information content (AvgIpc) is 2.79. The van der Waals surface area contributed by atoms with Gasteiger partial charge in [-0.3, -0.25) is 0 Å². The van der Waals surface area contributed by atoms with Crippen molar-refractivity contribution in [2.24, 2.45) is 0 Å². The summed E-state index contributed by atoms with van der Waals surface area (Å²) in [6.45, 7) is -0.289. The van der Waals surface area contributed by atoms with Crippen molar-refractivity contribution in [3.63, 3.8) is 0 Å². The lowest BCUT2D eigenvalue weighted by Gasteiger charge is -2.15. The number of carbonyl (C=O) groups excluding carboxylic acids is 1. The molecule has 2 N–H and O–H groups in total. The Balaban J connectivity index is 2.20. The molecule has 0 saturated carbocycles. The molecule has 0 aliphatic heterocycles. The molecule has 0 atom stereocenters. The molecule has 1 aromatic carbocycles. The Kier molecular flexibility index (Phi) is 10.5. The molecule has 0 spiro atoms. The summed E-state index contributed by atoms with van der Waals surface area (Å²) < 4.78 is 86.6. The van der Waals surface area contributed by atoms with Gasteiger partial charge in [0, 0.05) is 37.9 Å². The van der Waals surface area contributed by atoms with Crippen LogP contribution >= 0.6 is 11.6 Å². The number of rotatable bonds is 12. The summed E-state index contributed by atoms with van der Waals surface area (Å²) in [5.41, 5.74) is -0.904. The number of aromatic nitrogens is 1. The first kappa shape index (κ1) is 28.9. The smallest absolute Gasteiger partial charge is 0.422 e. The third-order valence-electron chi connectivity index (χ3n) is 4.04. The van der Waals surface area contributed by atoms with Crippen LogP contribution in [0.25, 0.3) is 0 Å². The van der Waals surface area contributed by atoms with Crippen LogP contribution in [0.1, 0.15) is 17.5 Å². The van der Waals surface area contributed by atoms with E-state index in [1.807, 2.05) is 4.72 Å². The van der Waals surface area contributed by atoms with E-state index < -0.39 is 39.7 Å². The second-order valence-corrected chi connectivity index (χ2v) is 8.61. The highest BCUT2D eigenvalue weighted by atomic mass is 35.5. The number of ether oxygens (including phenoxy) is 4. The molecule has 0 unspecified atom stereocenters. The number of nitrogens with one attached hydrogen (secondary N) is 2. The van der Waals surface area contributed by atoms with Crippen LogP contribution < -0.4 is 18.9 Å². The highest BCUT2D eigenvalue weighted by Crippen LogP contribution is 2.36. The van der Waals surface area contributed by atoms with Gasteiger partial charge in [0.1, 0.15) is 29.7 Å². The Morgan fingerprint density at radius 3 is 2.64 bits per heavy atom. The second-order valence-electron chi connectivity index (χ2n) is 6.71. The van der Waals surface area contributed by atoms with Crippen molar-refractivity contribution in [2.75, 3.05) is 26.9 Å². The van der Waals surface area contributed by atoms with Crippen molar-refractivity contribution >= 4 is 27.9 Å². The summed E-state index contributed by atoms with van der Waals surface area (Å²) in [4.78, 5) is 15.5. The molecule has 196 valence electrons. The van der Waals surface area contributed by atoms with E-state index in [0.29, 0.717) is 12.3 Å². The van der Waals surface area contributed by atoms with Crippen LogP contribution in [-0.4, -0.2) is 46.4 Å². The van der Waals surface area contributed by atoms with E-state index >= 15 is 0 Å². The van der Waals surface area contributed by atoms with Crippen LogP contribution in [0.15, 0.2) is 30.5 Å². The van der Waals surface area contributed by atoms with Crippen LogP contribution in [-0.2, 0) is 32.5 Å². The van der Waals surface area contributed by atoms with E-state index in [9.17, 15) is 26.4 Å². The van der Waals surface area contributed by atoms with E-state index in [2.05, 4.69) is 4.98 Å². The van der Waals surface area contributed by atoms with Gasteiger partial charge in [-0.1, -0.05) is 11.6 Å². The highest BCUT2D eigenvalue weighted by molar-refractivity contribution is 7.88. The van der Waals surface area contributed by atoms with Gasteiger partial charge in [-0.2, -0.15) is 31.6 Å². The van der Waals surface area contributed by atoms with Crippen LogP contribution in [0.2, 0.25) is 5.02 Å². The maximum Gasteiger partial charge on any atom is 0.422 e. The molecule has 0 aliphatic rings. The molecular weight excluding hydrogens is 533 g/mol. The molecular formula is C20H20ClF3N4O7S. The molecule has 2 rings (SSSR count). The Morgan fingerprint density at radius 1 is 1.25 bits per heavy atom. The lowest BCUT2D eigenvalue weighted by molar-refractivity contribution is -0.137. The minimum atomic E-state index is -4.67. The van der Waals surface area contributed by atoms with Crippen molar-refractivity contribution in [2.45, 2.75) is 19.2 Å². The molecule has 16 heteroatoms. The average molecular weight is 553 g/mol. The van der Waals surface area contributed by atoms with Crippen molar-refractivity contribution in [3.05, 3.63) is 46.6 Å². The van der Waals surface area contributed by atoms with Gasteiger partial charge >= 0.3 is 22.5 Å². The Labute approximate surface area is 209 Å². The molecule has 0 aliphatic carbocycles. The van der Waals surface area contributed by atoms with Gasteiger partial charge in [0.25, 0.3) is 0 Å². The fraction of sp³-hybridized carbons (Fsp3) is 0.350. The number of nitrogens with zero attached hydrogens (tertiary/aromatic N) is 2. The van der Waals surface area contributed by atoms with Gasteiger partial charge < -0.3 is 18.9 Å². The van der Waals surface area contributed by atoms with E-state index in [-0.39, 0.29) is 49.1 Å². The minimum absolute atomic E-state index is 0.0399. The Morgan fingerprint density at radius 2 is 2.00 bits per heavy atom. The van der Waals surface area contributed by atoms with Crippen molar-refractivity contribution in [1.29, 1.82) is 5.26 Å². The third kappa shape index (κ3) is 9.38. The number of hydrogen-bond acceptors (Lipinski definition) is 9. The zero-order valence-electron chi connectivity index (χ0n) is 18.6. The van der Waals surface area contributed by atoms with Crippen LogP contribution in [0.3, 0.4) is 0 Å². The fourth-order valence-corrected chi connectivity index (χ4v) is 3.33. The van der Waals surface area contributed by atoms with Crippen molar-refractivity contribution in [1.82, 2.24) is 14.4 Å². The zero-order chi connectivity index (χ0) is 26.8. The molecule has 0 radical (unpaired) electrons. The predicted molar refractivity (Wildman–Crippen MR) is 119 cm³/mol. The van der Waals surface area contributed by atoms with Gasteiger partial charge in [0.15, 0.2) is 0 Å². The summed E-state index contributed by atoms with van der Waals surface area (Å²) >= 11 is 5.91. The van der Waals surface area contributed by atoms with Gasteiger partial charge in [0.05, 0.1) is 18.2 Å². The molecule has 36 heavy (non-hydrogen) atoms. The highest BCUT2D eigenvalue weighted by Gasteiger charge is 2.32. The second kappa shape index (κ2) is 13.1. The summed E-state index contributed by atoms with van der Waals surface area (Å²) in [6, 6.07) is 6.62. The maximum atomic E-state index is 12.9. The molecule has 0 bridgehead atoms. The molecule has 11 nitrogen and oxygen atoms in total. The SMILES string of the molecule is COCCOc1ccc(COC(=O)NS(=O)(=O)NCCC#N)c(Oc2ncc(C(F)(F)F)cc2Cl)c1. The number of nitriles is 1. The lowest BCUT2D eigenvalue weighted by Crippen LogP contribution is -2.40. The predicted octanol–water partition coefficient (Wildman–Crippen LogP) is 3.55. The number of amides is 1. The monoisotopic (exact) mass is 552 g/mol. The number of carbonyl (C=O) groups is 1. The number of hydrogen-bond donors (Lipinski definition) is 2. The summed E-state index contributed by atoms with van der Waals surface area (Å²) in [7, 11) is -2.79. The molecule has 1 amide bonds. The molecule has 0 saturated heterocycles. The van der Waals surface area contributed by atoms with Crippen LogP contribution in [0, 0.1) is 11.3 Å². The van der Waals surface area contributed by atoms with E-state index in [4.69, 9.17) is 35.8 Å². The first-order valence-corrected chi connectivity index (χ1v) is 11.8. The standard InChI is InChI=1S/C20H20ClF3N4O7S/c1-32-7-8-33-15-4-3-13(12-34-19(29)28-36(30,31)27-6-2-5-25)17(10-15)35-18-16(21)9-14(11-26-18)20(22,23)24/h3-4,9-11,27H,2,6-8,12H2,1H3,(H,28,29).